The zero-order chi connectivity index (χ0) is 10.4. The molecular weight excluding hydrogens is 192 g/mol. The maximum atomic E-state index is 3.63. The Morgan fingerprint density at radius 2 is 2.36 bits per heavy atom. The van der Waals surface area contributed by atoms with E-state index in [9.17, 15) is 0 Å². The Morgan fingerprint density at radius 3 is 3.00 bits per heavy atom. The summed E-state index contributed by atoms with van der Waals surface area (Å²) in [5, 5.41) is 3.63. The van der Waals surface area contributed by atoms with E-state index in [0.29, 0.717) is 6.04 Å². The van der Waals surface area contributed by atoms with Gasteiger partial charge in [0.25, 0.3) is 0 Å². The van der Waals surface area contributed by atoms with Crippen molar-refractivity contribution in [2.45, 2.75) is 25.8 Å². The minimum atomic E-state index is 0.664. The summed E-state index contributed by atoms with van der Waals surface area (Å²) in [6.45, 7) is 6.05. The molecule has 0 bridgehead atoms. The summed E-state index contributed by atoms with van der Waals surface area (Å²) in [5.74, 6) is 2.10. The number of nitrogens with one attached hydrogen (secondary N) is 1. The molecule has 0 aromatic heterocycles. The Balaban J connectivity index is 2.10. The van der Waals surface area contributed by atoms with Crippen LogP contribution in [0.15, 0.2) is 0 Å². The van der Waals surface area contributed by atoms with Gasteiger partial charge in [-0.2, -0.15) is 11.8 Å². The second-order valence-corrected chi connectivity index (χ2v) is 5.45. The van der Waals surface area contributed by atoms with Gasteiger partial charge in [-0.05, 0) is 52.1 Å². The van der Waals surface area contributed by atoms with E-state index in [2.05, 4.69) is 30.4 Å². The van der Waals surface area contributed by atoms with Crippen LogP contribution in [0.1, 0.15) is 19.8 Å². The Morgan fingerprint density at radius 1 is 1.57 bits per heavy atom. The fourth-order valence-corrected chi connectivity index (χ4v) is 2.73. The second-order valence-electron chi connectivity index (χ2n) is 4.54. The molecule has 0 aromatic rings. The van der Waals surface area contributed by atoms with Gasteiger partial charge in [0.15, 0.2) is 0 Å². The predicted octanol–water partition coefficient (Wildman–Crippen LogP) is 1.67. The van der Waals surface area contributed by atoms with Gasteiger partial charge in [-0.15, -0.1) is 0 Å². The summed E-state index contributed by atoms with van der Waals surface area (Å²) < 4.78 is 0. The Labute approximate surface area is 92.8 Å². The minimum Gasteiger partial charge on any atom is -0.313 e. The first-order valence-corrected chi connectivity index (χ1v) is 7.02. The van der Waals surface area contributed by atoms with Crippen molar-refractivity contribution >= 4 is 11.8 Å². The predicted molar refractivity (Wildman–Crippen MR) is 66.1 cm³/mol. The van der Waals surface area contributed by atoms with Crippen LogP contribution < -0.4 is 5.32 Å². The molecule has 1 heterocycles. The molecule has 14 heavy (non-hydrogen) atoms. The van der Waals surface area contributed by atoms with E-state index in [1.165, 1.54) is 38.2 Å². The summed E-state index contributed by atoms with van der Waals surface area (Å²) in [4.78, 5) is 2.45. The van der Waals surface area contributed by atoms with Crippen LogP contribution in [0.5, 0.6) is 0 Å². The fraction of sp³-hybridized carbons (Fsp3) is 1.00. The summed E-state index contributed by atoms with van der Waals surface area (Å²) in [6.07, 6.45) is 4.95. The van der Waals surface area contributed by atoms with E-state index in [1.54, 1.807) is 0 Å². The lowest BCUT2D eigenvalue weighted by Gasteiger charge is -2.30. The second kappa shape index (κ2) is 6.70. The van der Waals surface area contributed by atoms with Crippen molar-refractivity contribution in [3.63, 3.8) is 0 Å². The number of piperidine rings is 1. The van der Waals surface area contributed by atoms with Gasteiger partial charge in [-0.1, -0.05) is 0 Å². The van der Waals surface area contributed by atoms with E-state index < -0.39 is 0 Å². The first kappa shape index (κ1) is 12.3. The lowest BCUT2D eigenvalue weighted by Crippen LogP contribution is -2.40. The van der Waals surface area contributed by atoms with Crippen LogP contribution in [0.3, 0.4) is 0 Å². The standard InChI is InChI=1S/C11H24N2S/c1-10(9-14-3)12-7-11-5-4-6-13(2)8-11/h10-12H,4-9H2,1-3H3. The van der Waals surface area contributed by atoms with E-state index in [-0.39, 0.29) is 0 Å². The SMILES string of the molecule is CSCC(C)NCC1CCCN(C)C1. The van der Waals surface area contributed by atoms with Crippen LogP contribution >= 0.6 is 11.8 Å². The van der Waals surface area contributed by atoms with Crippen molar-refractivity contribution in [2.24, 2.45) is 5.92 Å². The molecule has 0 radical (unpaired) electrons. The highest BCUT2D eigenvalue weighted by molar-refractivity contribution is 7.98. The lowest BCUT2D eigenvalue weighted by molar-refractivity contribution is 0.204. The summed E-state index contributed by atoms with van der Waals surface area (Å²) in [7, 11) is 2.23. The van der Waals surface area contributed by atoms with Gasteiger partial charge in [0.05, 0.1) is 0 Å². The third-order valence-corrected chi connectivity index (χ3v) is 3.73. The highest BCUT2D eigenvalue weighted by Gasteiger charge is 2.17. The third kappa shape index (κ3) is 4.67. The van der Waals surface area contributed by atoms with Crippen LogP contribution in [0.2, 0.25) is 0 Å². The van der Waals surface area contributed by atoms with Crippen molar-refractivity contribution in [1.29, 1.82) is 0 Å². The third-order valence-electron chi connectivity index (χ3n) is 2.89. The Hall–Kier alpha value is 0.270. The van der Waals surface area contributed by atoms with Gasteiger partial charge >= 0.3 is 0 Å². The summed E-state index contributed by atoms with van der Waals surface area (Å²) in [5.41, 5.74) is 0. The van der Waals surface area contributed by atoms with Crippen molar-refractivity contribution < 1.29 is 0 Å². The van der Waals surface area contributed by atoms with Crippen LogP contribution in [0.25, 0.3) is 0 Å². The fourth-order valence-electron chi connectivity index (χ4n) is 2.12. The summed E-state index contributed by atoms with van der Waals surface area (Å²) >= 11 is 1.92. The molecule has 2 atom stereocenters. The molecule has 3 heteroatoms. The highest BCUT2D eigenvalue weighted by Crippen LogP contribution is 2.14. The lowest BCUT2D eigenvalue weighted by atomic mass is 9.98. The van der Waals surface area contributed by atoms with Crippen molar-refractivity contribution in [3.8, 4) is 0 Å². The van der Waals surface area contributed by atoms with Gasteiger partial charge in [-0.3, -0.25) is 0 Å². The molecule has 0 aromatic carbocycles. The van der Waals surface area contributed by atoms with Crippen molar-refractivity contribution in [2.75, 3.05) is 38.7 Å². The van der Waals surface area contributed by atoms with Gasteiger partial charge in [-0.25, -0.2) is 0 Å². The quantitative estimate of drug-likeness (QED) is 0.752. The minimum absolute atomic E-state index is 0.664. The van der Waals surface area contributed by atoms with Crippen molar-refractivity contribution in [1.82, 2.24) is 10.2 Å². The van der Waals surface area contributed by atoms with Crippen LogP contribution in [-0.4, -0.2) is 49.6 Å². The maximum absolute atomic E-state index is 3.63. The van der Waals surface area contributed by atoms with Gasteiger partial charge in [0.2, 0.25) is 0 Å². The van der Waals surface area contributed by atoms with Crippen molar-refractivity contribution in [3.05, 3.63) is 0 Å². The van der Waals surface area contributed by atoms with E-state index in [4.69, 9.17) is 0 Å². The molecule has 1 N–H and O–H groups in total. The average molecular weight is 216 g/mol. The number of nitrogens with zero attached hydrogens (tertiary/aromatic N) is 1. The molecule has 0 amide bonds. The molecule has 0 saturated carbocycles. The molecule has 0 aliphatic carbocycles. The monoisotopic (exact) mass is 216 g/mol. The molecule has 84 valence electrons. The maximum Gasteiger partial charge on any atom is 0.0129 e. The molecule has 1 rings (SSSR count). The average Bonchev–Trinajstić information content (AvgIpc) is 2.15. The summed E-state index contributed by atoms with van der Waals surface area (Å²) in [6, 6.07) is 0.664. The molecule has 2 nitrogen and oxygen atoms in total. The van der Waals surface area contributed by atoms with Gasteiger partial charge < -0.3 is 10.2 Å². The number of hydrogen-bond donors (Lipinski definition) is 1. The van der Waals surface area contributed by atoms with Crippen LogP contribution in [0.4, 0.5) is 0 Å². The normalized spacial score (nSPS) is 26.4. The molecule has 1 aliphatic rings. The molecule has 1 saturated heterocycles. The number of thioether (sulfide) groups is 1. The first-order valence-electron chi connectivity index (χ1n) is 5.63. The molecule has 0 spiro atoms. The largest absolute Gasteiger partial charge is 0.313 e. The number of rotatable bonds is 5. The van der Waals surface area contributed by atoms with Crippen LogP contribution in [0, 0.1) is 5.92 Å². The zero-order valence-electron chi connectivity index (χ0n) is 9.75. The van der Waals surface area contributed by atoms with E-state index in [1.807, 2.05) is 11.8 Å². The molecule has 1 fully saturated rings. The first-order chi connectivity index (χ1) is 6.72. The molecule has 1 aliphatic heterocycles. The smallest absolute Gasteiger partial charge is 0.0129 e. The van der Waals surface area contributed by atoms with Gasteiger partial charge in [0.1, 0.15) is 0 Å². The highest BCUT2D eigenvalue weighted by atomic mass is 32.2. The number of likely N-dealkylation sites (tertiary alicyclic amines) is 1. The topological polar surface area (TPSA) is 15.3 Å². The van der Waals surface area contributed by atoms with E-state index in [0.717, 1.165) is 5.92 Å². The van der Waals surface area contributed by atoms with Gasteiger partial charge in [0, 0.05) is 18.3 Å². The van der Waals surface area contributed by atoms with Crippen LogP contribution in [-0.2, 0) is 0 Å². The number of hydrogen-bond acceptors (Lipinski definition) is 3. The zero-order valence-corrected chi connectivity index (χ0v) is 10.6. The molecular formula is C11H24N2S. The Bertz CT molecular complexity index is 152. The molecule has 2 unspecified atom stereocenters. The van der Waals surface area contributed by atoms with E-state index >= 15 is 0 Å². The Kier molecular flexibility index (Phi) is 5.90.